The molecule has 0 radical (unpaired) electrons. The van der Waals surface area contributed by atoms with E-state index >= 15 is 0 Å². The maximum atomic E-state index is 12.9. The van der Waals surface area contributed by atoms with Crippen molar-refractivity contribution < 1.29 is 37.3 Å². The lowest BCUT2D eigenvalue weighted by molar-refractivity contribution is -0.385. The van der Waals surface area contributed by atoms with E-state index in [9.17, 15) is 37.7 Å². The van der Waals surface area contributed by atoms with Gasteiger partial charge in [-0.25, -0.2) is 13.2 Å². The zero-order valence-corrected chi connectivity index (χ0v) is 17.7. The number of carbonyl (C=O) groups excluding carboxylic acids is 4. The first-order valence-electron chi connectivity index (χ1n) is 9.76. The Bertz CT molecular complexity index is 1350. The summed E-state index contributed by atoms with van der Waals surface area (Å²) in [6, 6.07) is 7.39. The number of hydrogen-bond acceptors (Lipinski definition) is 9. The number of rotatable bonds is 5. The number of amides is 1. The molecule has 2 aromatic carbocycles. The Morgan fingerprint density at radius 2 is 1.73 bits per heavy atom. The molecule has 0 aromatic heterocycles. The van der Waals surface area contributed by atoms with Crippen LogP contribution in [0, 0.1) is 10.1 Å². The summed E-state index contributed by atoms with van der Waals surface area (Å²) in [4.78, 5) is 61.1. The van der Waals surface area contributed by atoms with Crippen molar-refractivity contribution in [3.8, 4) is 0 Å². The van der Waals surface area contributed by atoms with Crippen molar-refractivity contribution in [3.05, 3.63) is 74.3 Å². The van der Waals surface area contributed by atoms with Crippen molar-refractivity contribution in [2.75, 3.05) is 18.1 Å². The van der Waals surface area contributed by atoms with Gasteiger partial charge in [0, 0.05) is 22.7 Å². The van der Waals surface area contributed by atoms with Crippen LogP contribution >= 0.6 is 0 Å². The largest absolute Gasteiger partial charge is 0.452 e. The number of carbonyl (C=O) groups is 4. The lowest BCUT2D eigenvalue weighted by atomic mass is 9.82. The van der Waals surface area contributed by atoms with E-state index < -0.39 is 67.7 Å². The molecule has 12 heteroatoms. The van der Waals surface area contributed by atoms with E-state index in [1.165, 1.54) is 18.2 Å². The third-order valence-corrected chi connectivity index (χ3v) is 7.17. The first-order valence-corrected chi connectivity index (χ1v) is 11.6. The van der Waals surface area contributed by atoms with Gasteiger partial charge in [-0.15, -0.1) is 0 Å². The third-order valence-electron chi connectivity index (χ3n) is 5.40. The lowest BCUT2D eigenvalue weighted by Gasteiger charge is -2.18. The third kappa shape index (κ3) is 4.12. The summed E-state index contributed by atoms with van der Waals surface area (Å²) in [5, 5.41) is 14.2. The zero-order chi connectivity index (χ0) is 23.9. The Hall–Kier alpha value is -3.93. The number of ether oxygens (including phenoxy) is 1. The number of nitro benzene ring substituents is 1. The molecule has 0 saturated carbocycles. The van der Waals surface area contributed by atoms with Crippen molar-refractivity contribution in [3.63, 3.8) is 0 Å². The number of ketones is 2. The minimum atomic E-state index is -3.23. The summed E-state index contributed by atoms with van der Waals surface area (Å²) in [6.07, 6.45) is 0.232. The second kappa shape index (κ2) is 8.20. The van der Waals surface area contributed by atoms with Crippen molar-refractivity contribution in [2.24, 2.45) is 0 Å². The molecule has 0 unspecified atom stereocenters. The molecular weight excluding hydrogens is 456 g/mol. The van der Waals surface area contributed by atoms with E-state index in [1.54, 1.807) is 6.07 Å². The Kier molecular flexibility index (Phi) is 5.54. The van der Waals surface area contributed by atoms with Gasteiger partial charge in [0.1, 0.15) is 11.1 Å². The second-order valence-corrected chi connectivity index (χ2v) is 9.82. The summed E-state index contributed by atoms with van der Waals surface area (Å²) in [7, 11) is -3.23. The predicted octanol–water partition coefficient (Wildman–Crippen LogP) is 0.830. The Balaban J connectivity index is 1.58. The number of nitrogens with zero attached hydrogens (tertiary/aromatic N) is 1. The number of nitrogens with one attached hydrogen (secondary N) is 1. The predicted molar refractivity (Wildman–Crippen MR) is 112 cm³/mol. The highest BCUT2D eigenvalue weighted by molar-refractivity contribution is 7.91. The first kappa shape index (κ1) is 22.3. The molecule has 1 heterocycles. The summed E-state index contributed by atoms with van der Waals surface area (Å²) in [5.41, 5.74) is -2.11. The van der Waals surface area contributed by atoms with Gasteiger partial charge in [-0.3, -0.25) is 24.5 Å². The van der Waals surface area contributed by atoms with Crippen LogP contribution in [0.2, 0.25) is 0 Å². The van der Waals surface area contributed by atoms with Gasteiger partial charge >= 0.3 is 5.97 Å². The van der Waals surface area contributed by atoms with Crippen LogP contribution in [0.3, 0.4) is 0 Å². The van der Waals surface area contributed by atoms with Crippen LogP contribution in [-0.4, -0.2) is 60.9 Å². The van der Waals surface area contributed by atoms with Gasteiger partial charge in [0.2, 0.25) is 5.78 Å². The molecule has 0 bridgehead atoms. The minimum absolute atomic E-state index is 0.0190. The molecule has 1 atom stereocenters. The highest BCUT2D eigenvalue weighted by Gasteiger charge is 2.39. The van der Waals surface area contributed by atoms with E-state index in [4.69, 9.17) is 4.74 Å². The monoisotopic (exact) mass is 472 g/mol. The molecule has 4 rings (SSSR count). The number of esters is 1. The topological polar surface area (TPSA) is 167 Å². The van der Waals surface area contributed by atoms with E-state index in [0.29, 0.717) is 0 Å². The standard InChI is InChI=1S/C21H16N2O9S/c24-16(22-11-7-8-33(30,31)10-11)9-32-21(27)15-6-5-14-17(18(15)23(28)29)20(26)13-4-2-1-3-12(13)19(14)25/h1-6,11H,7-10H2,(H,22,24)/t11-/m0/s1. The highest BCUT2D eigenvalue weighted by atomic mass is 32.2. The highest BCUT2D eigenvalue weighted by Crippen LogP contribution is 2.35. The SMILES string of the molecule is O=C(COC(=O)c1ccc2c(c1[N+](=O)[O-])C(=O)c1ccccc1C2=O)N[C@H]1CCS(=O)(=O)C1. The van der Waals surface area contributed by atoms with Gasteiger partial charge in [0.25, 0.3) is 11.6 Å². The van der Waals surface area contributed by atoms with Crippen LogP contribution in [-0.2, 0) is 19.4 Å². The van der Waals surface area contributed by atoms with Crippen LogP contribution in [0.5, 0.6) is 0 Å². The van der Waals surface area contributed by atoms with Crippen molar-refractivity contribution in [2.45, 2.75) is 12.5 Å². The molecule has 0 spiro atoms. The van der Waals surface area contributed by atoms with E-state index in [1.807, 2.05) is 0 Å². The average molecular weight is 472 g/mol. The van der Waals surface area contributed by atoms with Crippen molar-refractivity contribution in [1.82, 2.24) is 5.32 Å². The van der Waals surface area contributed by atoms with E-state index in [0.717, 1.165) is 12.1 Å². The zero-order valence-electron chi connectivity index (χ0n) is 16.9. The van der Waals surface area contributed by atoms with Gasteiger partial charge in [-0.05, 0) is 18.6 Å². The summed E-state index contributed by atoms with van der Waals surface area (Å²) in [5.74, 6) is -3.66. The second-order valence-electron chi connectivity index (χ2n) is 7.59. The molecule has 33 heavy (non-hydrogen) atoms. The van der Waals surface area contributed by atoms with Crippen LogP contribution in [0.4, 0.5) is 5.69 Å². The molecule has 1 saturated heterocycles. The molecule has 1 aliphatic carbocycles. The molecule has 2 aliphatic rings. The lowest BCUT2D eigenvalue weighted by Crippen LogP contribution is -2.38. The van der Waals surface area contributed by atoms with Crippen LogP contribution in [0.15, 0.2) is 36.4 Å². The van der Waals surface area contributed by atoms with Crippen LogP contribution in [0.25, 0.3) is 0 Å². The summed E-state index contributed by atoms with van der Waals surface area (Å²) < 4.78 is 27.8. The number of hydrogen-bond donors (Lipinski definition) is 1. The fourth-order valence-electron chi connectivity index (χ4n) is 3.91. The summed E-state index contributed by atoms with van der Waals surface area (Å²) >= 11 is 0. The van der Waals surface area contributed by atoms with Gasteiger partial charge in [-0.1, -0.05) is 24.3 Å². The van der Waals surface area contributed by atoms with Gasteiger partial charge in [-0.2, -0.15) is 0 Å². The number of fused-ring (bicyclic) bond motifs is 2. The fourth-order valence-corrected chi connectivity index (χ4v) is 5.58. The molecule has 1 N–H and O–H groups in total. The maximum Gasteiger partial charge on any atom is 0.345 e. The minimum Gasteiger partial charge on any atom is -0.452 e. The molecule has 1 aliphatic heterocycles. The van der Waals surface area contributed by atoms with Gasteiger partial charge in [0.15, 0.2) is 22.2 Å². The number of benzene rings is 2. The fraction of sp³-hybridized carbons (Fsp3) is 0.238. The Morgan fingerprint density at radius 3 is 2.33 bits per heavy atom. The Labute approximate surface area is 186 Å². The number of sulfone groups is 1. The van der Waals surface area contributed by atoms with Crippen LogP contribution in [0.1, 0.15) is 48.6 Å². The maximum absolute atomic E-state index is 12.9. The first-order chi connectivity index (χ1) is 15.6. The summed E-state index contributed by atoms with van der Waals surface area (Å²) in [6.45, 7) is -0.806. The van der Waals surface area contributed by atoms with Crippen molar-refractivity contribution >= 4 is 39.0 Å². The molecule has 1 amide bonds. The molecule has 1 fully saturated rings. The Morgan fingerprint density at radius 1 is 1.06 bits per heavy atom. The molecule has 2 aromatic rings. The smallest absolute Gasteiger partial charge is 0.345 e. The molecule has 170 valence electrons. The van der Waals surface area contributed by atoms with Crippen LogP contribution < -0.4 is 5.32 Å². The van der Waals surface area contributed by atoms with E-state index in [2.05, 4.69) is 5.32 Å². The average Bonchev–Trinajstić information content (AvgIpc) is 3.12. The van der Waals surface area contributed by atoms with Crippen molar-refractivity contribution in [1.29, 1.82) is 0 Å². The quantitative estimate of drug-likeness (QED) is 0.321. The van der Waals surface area contributed by atoms with Gasteiger partial charge in [0.05, 0.1) is 16.4 Å². The normalized spacial score (nSPS) is 18.2. The van der Waals surface area contributed by atoms with E-state index in [-0.39, 0.29) is 34.6 Å². The molecule has 11 nitrogen and oxygen atoms in total. The van der Waals surface area contributed by atoms with Gasteiger partial charge < -0.3 is 10.1 Å². The number of nitro groups is 1. The molecular formula is C21H16N2O9S.